The highest BCUT2D eigenvalue weighted by Crippen LogP contribution is 2.19. The minimum atomic E-state index is -1.28. The normalized spacial score (nSPS) is 17.8. The number of amides is 3. The second-order valence-corrected chi connectivity index (χ2v) is 6.85. The van der Waals surface area contributed by atoms with Crippen molar-refractivity contribution in [2.75, 3.05) is 13.1 Å². The quantitative estimate of drug-likeness (QED) is 0.233. The number of carbonyl (C=O) groups is 5. The third-order valence-electron chi connectivity index (χ3n) is 4.58. The summed E-state index contributed by atoms with van der Waals surface area (Å²) in [4.78, 5) is 67.0. The molecule has 7 N–H and O–H groups in total. The van der Waals surface area contributed by atoms with Gasteiger partial charge >= 0.3 is 11.9 Å². The number of aliphatic carboxylic acids is 2. The molecule has 164 valence electrons. The van der Waals surface area contributed by atoms with Crippen molar-refractivity contribution >= 4 is 29.7 Å². The van der Waals surface area contributed by atoms with Gasteiger partial charge in [-0.05, 0) is 12.8 Å². The summed E-state index contributed by atoms with van der Waals surface area (Å²) in [5.74, 6) is -4.45. The molecule has 3 amide bonds. The zero-order valence-electron chi connectivity index (χ0n) is 16.0. The van der Waals surface area contributed by atoms with Gasteiger partial charge < -0.3 is 36.5 Å². The molecule has 1 aromatic heterocycles. The highest BCUT2D eigenvalue weighted by atomic mass is 16.4. The Morgan fingerprint density at radius 3 is 2.60 bits per heavy atom. The molecule has 3 unspecified atom stereocenters. The SMILES string of the molecule is NC(CC(=O)O)C(=O)N1CCCC1C(=O)NC(Cc1cnc[nH]1)C(=O)NCC(=O)O. The fraction of sp³-hybridized carbons (Fsp3) is 0.529. The van der Waals surface area contributed by atoms with Crippen LogP contribution in [0, 0.1) is 0 Å². The molecule has 1 aromatic rings. The number of rotatable bonds is 10. The van der Waals surface area contributed by atoms with E-state index in [4.69, 9.17) is 15.9 Å². The summed E-state index contributed by atoms with van der Waals surface area (Å²) in [5, 5.41) is 22.3. The van der Waals surface area contributed by atoms with E-state index in [1.54, 1.807) is 0 Å². The van der Waals surface area contributed by atoms with Crippen molar-refractivity contribution in [1.82, 2.24) is 25.5 Å². The number of carboxylic acids is 2. The Balaban J connectivity index is 2.08. The molecule has 0 aromatic carbocycles. The van der Waals surface area contributed by atoms with E-state index >= 15 is 0 Å². The molecule has 0 aliphatic carbocycles. The minimum Gasteiger partial charge on any atom is -0.481 e. The molecule has 1 fully saturated rings. The van der Waals surface area contributed by atoms with E-state index in [0.717, 1.165) is 0 Å². The summed E-state index contributed by atoms with van der Waals surface area (Å²) in [6.07, 6.45) is 3.15. The summed E-state index contributed by atoms with van der Waals surface area (Å²) in [6.45, 7) is -0.382. The molecule has 1 saturated heterocycles. The van der Waals surface area contributed by atoms with E-state index in [1.165, 1.54) is 17.4 Å². The van der Waals surface area contributed by atoms with Crippen LogP contribution in [0.5, 0.6) is 0 Å². The first-order valence-corrected chi connectivity index (χ1v) is 9.24. The molecule has 3 atom stereocenters. The highest BCUT2D eigenvalue weighted by Gasteiger charge is 2.38. The average molecular weight is 424 g/mol. The summed E-state index contributed by atoms with van der Waals surface area (Å²) >= 11 is 0. The smallest absolute Gasteiger partial charge is 0.322 e. The second kappa shape index (κ2) is 10.3. The van der Waals surface area contributed by atoms with Crippen LogP contribution in [0.2, 0.25) is 0 Å². The molecule has 2 heterocycles. The van der Waals surface area contributed by atoms with Gasteiger partial charge in [0.2, 0.25) is 17.7 Å². The number of carboxylic acid groups (broad SMARTS) is 2. The van der Waals surface area contributed by atoms with Gasteiger partial charge in [-0.15, -0.1) is 0 Å². The largest absolute Gasteiger partial charge is 0.481 e. The van der Waals surface area contributed by atoms with Gasteiger partial charge in [0.25, 0.3) is 0 Å². The molecular weight excluding hydrogens is 400 g/mol. The molecule has 13 nitrogen and oxygen atoms in total. The van der Waals surface area contributed by atoms with Crippen molar-refractivity contribution in [2.45, 2.75) is 43.8 Å². The van der Waals surface area contributed by atoms with Crippen LogP contribution in [-0.2, 0) is 30.4 Å². The van der Waals surface area contributed by atoms with E-state index < -0.39 is 60.8 Å². The number of likely N-dealkylation sites (tertiary alicyclic amines) is 1. The van der Waals surface area contributed by atoms with Crippen LogP contribution in [0.3, 0.4) is 0 Å². The summed E-state index contributed by atoms with van der Waals surface area (Å²) in [5.41, 5.74) is 6.17. The van der Waals surface area contributed by atoms with Crippen LogP contribution >= 0.6 is 0 Å². The van der Waals surface area contributed by atoms with E-state index in [1.807, 2.05) is 0 Å². The molecule has 0 spiro atoms. The molecule has 0 saturated carbocycles. The summed E-state index contributed by atoms with van der Waals surface area (Å²) < 4.78 is 0. The van der Waals surface area contributed by atoms with E-state index in [9.17, 15) is 24.0 Å². The number of hydrogen-bond acceptors (Lipinski definition) is 7. The van der Waals surface area contributed by atoms with Crippen LogP contribution < -0.4 is 16.4 Å². The van der Waals surface area contributed by atoms with Gasteiger partial charge in [0.15, 0.2) is 0 Å². The Bertz CT molecular complexity index is 797. The zero-order chi connectivity index (χ0) is 22.3. The Morgan fingerprint density at radius 1 is 1.27 bits per heavy atom. The predicted molar refractivity (Wildman–Crippen MR) is 99.8 cm³/mol. The fourth-order valence-electron chi connectivity index (χ4n) is 3.17. The third-order valence-corrected chi connectivity index (χ3v) is 4.58. The van der Waals surface area contributed by atoms with E-state index in [-0.39, 0.29) is 13.0 Å². The number of imidazole rings is 1. The lowest BCUT2D eigenvalue weighted by Gasteiger charge is -2.27. The highest BCUT2D eigenvalue weighted by molar-refractivity contribution is 5.94. The second-order valence-electron chi connectivity index (χ2n) is 6.85. The van der Waals surface area contributed by atoms with Crippen molar-refractivity contribution in [3.8, 4) is 0 Å². The average Bonchev–Trinajstić information content (AvgIpc) is 3.36. The number of aromatic nitrogens is 2. The number of hydrogen-bond donors (Lipinski definition) is 6. The van der Waals surface area contributed by atoms with Gasteiger partial charge in [-0.25, -0.2) is 4.98 Å². The molecule has 30 heavy (non-hydrogen) atoms. The van der Waals surface area contributed by atoms with E-state index in [2.05, 4.69) is 20.6 Å². The Kier molecular flexibility index (Phi) is 7.86. The van der Waals surface area contributed by atoms with Crippen molar-refractivity contribution in [3.63, 3.8) is 0 Å². The van der Waals surface area contributed by atoms with Crippen molar-refractivity contribution in [2.24, 2.45) is 5.73 Å². The monoisotopic (exact) mass is 424 g/mol. The Hall–Kier alpha value is -3.48. The van der Waals surface area contributed by atoms with E-state index in [0.29, 0.717) is 18.5 Å². The molecular formula is C17H24N6O7. The third kappa shape index (κ3) is 6.27. The molecule has 1 aliphatic rings. The standard InChI is InChI=1S/C17H24N6O7/c18-10(5-13(24)25)17(30)23-3-1-2-12(23)16(29)22-11(4-9-6-19-8-21-9)15(28)20-7-14(26)27/h6,8,10-12H,1-5,7,18H2,(H,19,21)(H,20,28)(H,22,29)(H,24,25)(H,26,27). The van der Waals surface area contributed by atoms with Crippen LogP contribution in [0.15, 0.2) is 12.5 Å². The number of H-pyrrole nitrogens is 1. The number of carbonyl (C=O) groups excluding carboxylic acids is 3. The Morgan fingerprint density at radius 2 is 2.00 bits per heavy atom. The topological polar surface area (TPSA) is 208 Å². The van der Waals surface area contributed by atoms with Crippen molar-refractivity contribution in [3.05, 3.63) is 18.2 Å². The Labute approximate surface area is 171 Å². The minimum absolute atomic E-state index is 0.0242. The maximum Gasteiger partial charge on any atom is 0.322 e. The van der Waals surface area contributed by atoms with Crippen LogP contribution in [0.4, 0.5) is 0 Å². The maximum atomic E-state index is 12.8. The van der Waals surface area contributed by atoms with Gasteiger partial charge in [0, 0.05) is 24.9 Å². The van der Waals surface area contributed by atoms with Crippen LogP contribution in [0.25, 0.3) is 0 Å². The predicted octanol–water partition coefficient (Wildman–Crippen LogP) is -2.57. The molecule has 13 heteroatoms. The fourth-order valence-corrected chi connectivity index (χ4v) is 3.17. The number of aromatic amines is 1. The lowest BCUT2D eigenvalue weighted by atomic mass is 10.1. The van der Waals surface area contributed by atoms with Gasteiger partial charge in [-0.1, -0.05) is 0 Å². The van der Waals surface area contributed by atoms with Gasteiger partial charge in [0.05, 0.1) is 18.8 Å². The zero-order valence-corrected chi connectivity index (χ0v) is 16.0. The first kappa shape index (κ1) is 22.8. The maximum absolute atomic E-state index is 12.8. The van der Waals surface area contributed by atoms with Gasteiger partial charge in [-0.2, -0.15) is 0 Å². The molecule has 2 rings (SSSR count). The van der Waals surface area contributed by atoms with Crippen molar-refractivity contribution in [1.29, 1.82) is 0 Å². The van der Waals surface area contributed by atoms with Crippen LogP contribution in [0.1, 0.15) is 25.0 Å². The lowest BCUT2D eigenvalue weighted by molar-refractivity contribution is -0.144. The summed E-state index contributed by atoms with van der Waals surface area (Å²) in [7, 11) is 0. The summed E-state index contributed by atoms with van der Waals surface area (Å²) in [6, 6.07) is -3.30. The molecule has 0 radical (unpaired) electrons. The molecule has 0 bridgehead atoms. The van der Waals surface area contributed by atoms with Gasteiger partial charge in [0.1, 0.15) is 18.6 Å². The first-order valence-electron chi connectivity index (χ1n) is 9.24. The number of nitrogens with two attached hydrogens (primary N) is 1. The number of nitrogens with zero attached hydrogens (tertiary/aromatic N) is 2. The lowest BCUT2D eigenvalue weighted by Crippen LogP contribution is -2.56. The van der Waals surface area contributed by atoms with Gasteiger partial charge in [-0.3, -0.25) is 24.0 Å². The van der Waals surface area contributed by atoms with Crippen molar-refractivity contribution < 1.29 is 34.2 Å². The van der Waals surface area contributed by atoms with Crippen LogP contribution in [-0.4, -0.2) is 86.0 Å². The number of nitrogens with one attached hydrogen (secondary N) is 3. The first-order chi connectivity index (χ1) is 14.2. The molecule has 1 aliphatic heterocycles.